The SMILES string of the molecule is CC1(C)CNCCC1Nc1nc(-c2ccnc(NC3CC(C#N)=CC=N3)c2)nc2cncc(C3CCC3)c12. The van der Waals surface area contributed by atoms with Crippen molar-refractivity contribution in [1.82, 2.24) is 25.3 Å². The number of piperidine rings is 1. The van der Waals surface area contributed by atoms with E-state index in [0.717, 1.165) is 41.8 Å². The Morgan fingerprint density at radius 2 is 2.03 bits per heavy atom. The quantitative estimate of drug-likeness (QED) is 0.434. The van der Waals surface area contributed by atoms with Crippen LogP contribution in [0.5, 0.6) is 0 Å². The summed E-state index contributed by atoms with van der Waals surface area (Å²) in [4.78, 5) is 23.6. The summed E-state index contributed by atoms with van der Waals surface area (Å²) in [5, 5.41) is 21.1. The van der Waals surface area contributed by atoms with Gasteiger partial charge in [0.25, 0.3) is 0 Å². The molecule has 2 aliphatic heterocycles. The number of nitriles is 1. The molecule has 3 aliphatic rings. The van der Waals surface area contributed by atoms with Gasteiger partial charge in [0.1, 0.15) is 17.8 Å². The van der Waals surface area contributed by atoms with Crippen LogP contribution < -0.4 is 16.0 Å². The number of aliphatic imine (C=N–C) groups is 1. The van der Waals surface area contributed by atoms with Crippen molar-refractivity contribution in [2.75, 3.05) is 23.7 Å². The number of hydrogen-bond donors (Lipinski definition) is 3. The average Bonchev–Trinajstić information content (AvgIpc) is 2.89. The molecule has 0 radical (unpaired) electrons. The summed E-state index contributed by atoms with van der Waals surface area (Å²) in [6, 6.07) is 6.38. The fourth-order valence-corrected chi connectivity index (χ4v) is 5.53. The Morgan fingerprint density at radius 3 is 2.82 bits per heavy atom. The minimum absolute atomic E-state index is 0.0876. The number of rotatable bonds is 6. The largest absolute Gasteiger partial charge is 0.366 e. The van der Waals surface area contributed by atoms with Gasteiger partial charge in [-0.2, -0.15) is 5.26 Å². The summed E-state index contributed by atoms with van der Waals surface area (Å²) in [7, 11) is 0. The molecule has 6 rings (SSSR count). The molecule has 1 aliphatic carbocycles. The molecule has 0 amide bonds. The molecule has 3 aromatic rings. The van der Waals surface area contributed by atoms with Crippen LogP contribution in [0.4, 0.5) is 11.6 Å². The van der Waals surface area contributed by atoms with Gasteiger partial charge in [-0.25, -0.2) is 15.0 Å². The van der Waals surface area contributed by atoms with Crippen LogP contribution in [0.15, 0.2) is 47.4 Å². The van der Waals surface area contributed by atoms with Crippen LogP contribution in [0.2, 0.25) is 0 Å². The minimum atomic E-state index is -0.233. The first-order chi connectivity index (χ1) is 18.5. The molecule has 1 saturated heterocycles. The molecular formula is C29H33N9. The van der Waals surface area contributed by atoms with Crippen LogP contribution >= 0.6 is 0 Å². The van der Waals surface area contributed by atoms with Gasteiger partial charge in [-0.05, 0) is 60.9 Å². The van der Waals surface area contributed by atoms with Crippen LogP contribution in [-0.2, 0) is 0 Å². The predicted octanol–water partition coefficient (Wildman–Crippen LogP) is 4.82. The normalized spacial score (nSPS) is 22.8. The van der Waals surface area contributed by atoms with E-state index in [1.807, 2.05) is 24.5 Å². The Morgan fingerprint density at radius 1 is 1.13 bits per heavy atom. The maximum atomic E-state index is 9.25. The van der Waals surface area contributed by atoms with Crippen molar-refractivity contribution in [1.29, 1.82) is 5.26 Å². The molecule has 194 valence electrons. The highest BCUT2D eigenvalue weighted by molar-refractivity contribution is 5.93. The van der Waals surface area contributed by atoms with Crippen LogP contribution in [0.1, 0.15) is 57.4 Å². The molecule has 0 aromatic carbocycles. The first-order valence-corrected chi connectivity index (χ1v) is 13.5. The zero-order valence-corrected chi connectivity index (χ0v) is 21.9. The maximum Gasteiger partial charge on any atom is 0.162 e. The number of fused-ring (bicyclic) bond motifs is 1. The molecule has 5 heterocycles. The van der Waals surface area contributed by atoms with Crippen molar-refractivity contribution < 1.29 is 0 Å². The van der Waals surface area contributed by atoms with Crippen molar-refractivity contribution in [3.05, 3.63) is 47.9 Å². The van der Waals surface area contributed by atoms with Crippen molar-refractivity contribution in [3.63, 3.8) is 0 Å². The fraction of sp³-hybridized carbons (Fsp3) is 0.448. The second kappa shape index (κ2) is 10.1. The molecule has 2 atom stereocenters. The van der Waals surface area contributed by atoms with Crippen molar-refractivity contribution in [2.24, 2.45) is 10.4 Å². The Labute approximate surface area is 222 Å². The van der Waals surface area contributed by atoms with Crippen LogP contribution in [0.25, 0.3) is 22.3 Å². The molecule has 1 saturated carbocycles. The second-order valence-electron chi connectivity index (χ2n) is 11.2. The molecule has 9 nitrogen and oxygen atoms in total. The lowest BCUT2D eigenvalue weighted by Crippen LogP contribution is -2.49. The summed E-state index contributed by atoms with van der Waals surface area (Å²) in [5.41, 5.74) is 3.76. The summed E-state index contributed by atoms with van der Waals surface area (Å²) >= 11 is 0. The smallest absolute Gasteiger partial charge is 0.162 e. The monoisotopic (exact) mass is 507 g/mol. The molecule has 3 N–H and O–H groups in total. The Hall–Kier alpha value is -3.90. The van der Waals surface area contributed by atoms with Gasteiger partial charge in [-0.3, -0.25) is 9.98 Å². The van der Waals surface area contributed by atoms with Crippen LogP contribution in [0, 0.1) is 16.7 Å². The number of pyridine rings is 2. The van der Waals surface area contributed by atoms with E-state index in [1.54, 1.807) is 18.5 Å². The average molecular weight is 508 g/mol. The van der Waals surface area contributed by atoms with E-state index in [1.165, 1.54) is 24.8 Å². The highest BCUT2D eigenvalue weighted by Crippen LogP contribution is 2.42. The van der Waals surface area contributed by atoms with E-state index in [9.17, 15) is 5.26 Å². The zero-order chi connectivity index (χ0) is 26.1. The van der Waals surface area contributed by atoms with Crippen molar-refractivity contribution >= 4 is 28.8 Å². The lowest BCUT2D eigenvalue weighted by atomic mass is 9.78. The predicted molar refractivity (Wildman–Crippen MR) is 150 cm³/mol. The number of hydrogen-bond acceptors (Lipinski definition) is 9. The molecule has 0 bridgehead atoms. The lowest BCUT2D eigenvalue weighted by Gasteiger charge is -2.40. The zero-order valence-electron chi connectivity index (χ0n) is 21.9. The van der Waals surface area contributed by atoms with Crippen molar-refractivity contribution in [2.45, 2.75) is 64.1 Å². The Kier molecular flexibility index (Phi) is 6.50. The molecule has 38 heavy (non-hydrogen) atoms. The number of allylic oxidation sites excluding steroid dienone is 1. The van der Waals surface area contributed by atoms with Gasteiger partial charge in [-0.15, -0.1) is 0 Å². The van der Waals surface area contributed by atoms with Crippen molar-refractivity contribution in [3.8, 4) is 17.5 Å². The van der Waals surface area contributed by atoms with Gasteiger partial charge in [0.15, 0.2) is 5.82 Å². The van der Waals surface area contributed by atoms with Crippen LogP contribution in [-0.4, -0.2) is 51.4 Å². The third kappa shape index (κ3) is 4.84. The van der Waals surface area contributed by atoms with Gasteiger partial charge in [0, 0.05) is 54.1 Å². The van der Waals surface area contributed by atoms with E-state index in [-0.39, 0.29) is 11.6 Å². The maximum absolute atomic E-state index is 9.25. The number of anilines is 2. The second-order valence-corrected chi connectivity index (χ2v) is 11.2. The van der Waals surface area contributed by atoms with E-state index in [4.69, 9.17) is 9.97 Å². The Bertz CT molecular complexity index is 1450. The summed E-state index contributed by atoms with van der Waals surface area (Å²) in [5.74, 6) is 2.71. The van der Waals surface area contributed by atoms with E-state index in [0.29, 0.717) is 35.6 Å². The Balaban J connectivity index is 1.38. The highest BCUT2D eigenvalue weighted by Gasteiger charge is 2.33. The summed E-state index contributed by atoms with van der Waals surface area (Å²) in [6.45, 7) is 6.55. The van der Waals surface area contributed by atoms with Gasteiger partial charge < -0.3 is 16.0 Å². The number of nitrogens with one attached hydrogen (secondary N) is 3. The van der Waals surface area contributed by atoms with Gasteiger partial charge in [0.2, 0.25) is 0 Å². The lowest BCUT2D eigenvalue weighted by molar-refractivity contribution is 0.236. The topological polar surface area (TPSA) is 124 Å². The minimum Gasteiger partial charge on any atom is -0.366 e. The third-order valence-corrected chi connectivity index (χ3v) is 8.06. The first-order valence-electron chi connectivity index (χ1n) is 13.5. The van der Waals surface area contributed by atoms with E-state index >= 15 is 0 Å². The third-order valence-electron chi connectivity index (χ3n) is 8.06. The number of aromatic nitrogens is 4. The highest BCUT2D eigenvalue weighted by atomic mass is 15.1. The van der Waals surface area contributed by atoms with Gasteiger partial charge in [0.05, 0.1) is 17.8 Å². The molecule has 2 fully saturated rings. The molecule has 0 spiro atoms. The number of dihydropyridines is 1. The molecule has 3 aromatic heterocycles. The summed E-state index contributed by atoms with van der Waals surface area (Å²) in [6.07, 6.45) is 14.0. The van der Waals surface area contributed by atoms with Crippen LogP contribution in [0.3, 0.4) is 0 Å². The fourth-order valence-electron chi connectivity index (χ4n) is 5.53. The van der Waals surface area contributed by atoms with E-state index in [2.05, 4.69) is 50.8 Å². The van der Waals surface area contributed by atoms with E-state index < -0.39 is 0 Å². The van der Waals surface area contributed by atoms with Gasteiger partial charge >= 0.3 is 0 Å². The standard InChI is InChI=1S/C29H33N9/c1-29(2)17-31-9-8-23(29)36-28-26-21(19-4-3-5-19)15-32-16-22(26)35-27(38-28)20-7-11-34-25(13-20)37-24-12-18(14-30)6-10-33-24/h6-7,10-11,13,15-16,19,23-24,31H,3-5,8-9,12,17H2,1-2H3,(H,34,37)(H,35,36,38). The summed E-state index contributed by atoms with van der Waals surface area (Å²) < 4.78 is 0. The van der Waals surface area contributed by atoms with Gasteiger partial charge in [-0.1, -0.05) is 20.3 Å². The first kappa shape index (κ1) is 24.4. The molecule has 9 heteroatoms. The molecule has 2 unspecified atom stereocenters. The number of nitrogens with zero attached hydrogens (tertiary/aromatic N) is 6. The molecular weight excluding hydrogens is 474 g/mol.